The van der Waals surface area contributed by atoms with Crippen LogP contribution in [0.4, 0.5) is 10.4 Å². The number of hydrogen-bond acceptors (Lipinski definition) is 6. The maximum absolute atomic E-state index is 13.4. The molecule has 0 atom stereocenters. The molecule has 3 aromatic heterocycles. The van der Waals surface area contributed by atoms with Gasteiger partial charge in [-0.2, -0.15) is 4.98 Å². The number of hydrogen-bond donors (Lipinski definition) is 0. The van der Waals surface area contributed by atoms with Gasteiger partial charge in [-0.3, -0.25) is 14.3 Å². The Hall–Kier alpha value is -3.55. The summed E-state index contributed by atoms with van der Waals surface area (Å²) in [6.07, 6.45) is 6.81. The number of fused-ring (bicyclic) bond motifs is 1. The molecule has 4 heterocycles. The Morgan fingerprint density at radius 3 is 2.67 bits per heavy atom. The number of aromatic nitrogens is 4. The Bertz CT molecular complexity index is 1230. The predicted molar refractivity (Wildman–Crippen MR) is 111 cm³/mol. The van der Waals surface area contributed by atoms with Crippen LogP contribution in [0.5, 0.6) is 0 Å². The minimum Gasteiger partial charge on any atom is -0.423 e. The lowest BCUT2D eigenvalue weighted by Gasteiger charge is -2.31. The minimum absolute atomic E-state index is 0.0554. The van der Waals surface area contributed by atoms with Crippen LogP contribution in [0.2, 0.25) is 0 Å². The average molecular weight is 405 g/mol. The van der Waals surface area contributed by atoms with Gasteiger partial charge >= 0.3 is 0 Å². The minimum atomic E-state index is -0.324. The van der Waals surface area contributed by atoms with Gasteiger partial charge in [0.2, 0.25) is 0 Å². The van der Waals surface area contributed by atoms with Gasteiger partial charge in [0.1, 0.15) is 11.3 Å². The maximum atomic E-state index is 13.4. The van der Waals surface area contributed by atoms with Gasteiger partial charge in [0.05, 0.1) is 12.0 Å². The Kier molecular flexibility index (Phi) is 4.74. The van der Waals surface area contributed by atoms with E-state index in [0.29, 0.717) is 35.3 Å². The second-order valence-corrected chi connectivity index (χ2v) is 7.54. The summed E-state index contributed by atoms with van der Waals surface area (Å²) in [5, 5.41) is 0. The van der Waals surface area contributed by atoms with Crippen molar-refractivity contribution in [2.24, 2.45) is 5.92 Å². The van der Waals surface area contributed by atoms with Crippen molar-refractivity contribution >= 4 is 17.1 Å². The van der Waals surface area contributed by atoms with Crippen molar-refractivity contribution in [3.8, 4) is 11.3 Å². The first-order chi connectivity index (χ1) is 14.7. The molecule has 0 N–H and O–H groups in total. The largest absolute Gasteiger partial charge is 0.423 e. The Morgan fingerprint density at radius 1 is 1.10 bits per heavy atom. The number of rotatable bonds is 4. The molecule has 0 amide bonds. The number of piperidine rings is 1. The number of nitrogens with zero attached hydrogens (tertiary/aromatic N) is 5. The highest BCUT2D eigenvalue weighted by atomic mass is 19.1. The first kappa shape index (κ1) is 18.5. The lowest BCUT2D eigenvalue weighted by molar-refractivity contribution is 0.342. The molecule has 5 rings (SSSR count). The standard InChI is InChI=1S/C22H20FN5O2/c23-17-1-2-20-19(11-17)26-22(30-20)27-9-5-15(6-10-27)13-28-14-25-18(12-21(28)29)16-3-7-24-8-4-16/h1-4,7-8,11-12,14-15H,5-6,9-10,13H2. The molecule has 0 unspecified atom stereocenters. The quantitative estimate of drug-likeness (QED) is 0.517. The second kappa shape index (κ2) is 7.70. The normalized spacial score (nSPS) is 15.0. The molecule has 0 saturated carbocycles. The smallest absolute Gasteiger partial charge is 0.298 e. The number of benzene rings is 1. The zero-order valence-electron chi connectivity index (χ0n) is 16.2. The highest BCUT2D eigenvalue weighted by molar-refractivity contribution is 5.74. The fraction of sp³-hybridized carbons (Fsp3) is 0.273. The second-order valence-electron chi connectivity index (χ2n) is 7.54. The molecule has 1 aliphatic heterocycles. The maximum Gasteiger partial charge on any atom is 0.298 e. The zero-order valence-corrected chi connectivity index (χ0v) is 16.2. The molecule has 1 aliphatic rings. The summed E-state index contributed by atoms with van der Waals surface area (Å²) in [7, 11) is 0. The van der Waals surface area contributed by atoms with Crippen molar-refractivity contribution < 1.29 is 8.81 Å². The Morgan fingerprint density at radius 2 is 1.90 bits per heavy atom. The average Bonchev–Trinajstić information content (AvgIpc) is 3.19. The summed E-state index contributed by atoms with van der Waals surface area (Å²) < 4.78 is 20.8. The Balaban J connectivity index is 1.24. The molecule has 1 fully saturated rings. The van der Waals surface area contributed by atoms with Crippen molar-refractivity contribution in [3.63, 3.8) is 0 Å². The number of oxazole rings is 1. The van der Waals surface area contributed by atoms with Crippen molar-refractivity contribution in [2.75, 3.05) is 18.0 Å². The molecule has 4 aromatic rings. The van der Waals surface area contributed by atoms with E-state index in [2.05, 4.69) is 19.9 Å². The highest BCUT2D eigenvalue weighted by Crippen LogP contribution is 2.27. The van der Waals surface area contributed by atoms with Crippen LogP contribution in [0.1, 0.15) is 12.8 Å². The summed E-state index contributed by atoms with van der Waals surface area (Å²) in [6.45, 7) is 2.18. The van der Waals surface area contributed by atoms with Crippen LogP contribution < -0.4 is 10.5 Å². The fourth-order valence-corrected chi connectivity index (χ4v) is 3.85. The first-order valence-electron chi connectivity index (χ1n) is 9.94. The van der Waals surface area contributed by atoms with Crippen LogP contribution in [-0.2, 0) is 6.54 Å². The van der Waals surface area contributed by atoms with Crippen LogP contribution in [-0.4, -0.2) is 32.6 Å². The number of halogens is 1. The van der Waals surface area contributed by atoms with E-state index in [1.54, 1.807) is 35.4 Å². The van der Waals surface area contributed by atoms with E-state index in [1.807, 2.05) is 12.1 Å². The zero-order chi connectivity index (χ0) is 20.5. The van der Waals surface area contributed by atoms with E-state index >= 15 is 0 Å². The lowest BCUT2D eigenvalue weighted by Crippen LogP contribution is -2.36. The molecule has 0 aliphatic carbocycles. The third-order valence-electron chi connectivity index (χ3n) is 5.53. The number of anilines is 1. The first-order valence-corrected chi connectivity index (χ1v) is 9.94. The topological polar surface area (TPSA) is 77.1 Å². The van der Waals surface area contributed by atoms with E-state index in [4.69, 9.17) is 4.42 Å². The SMILES string of the molecule is O=c1cc(-c2ccncc2)ncn1CC1CCN(c2nc3cc(F)ccc3o2)CC1. The van der Waals surface area contributed by atoms with Crippen molar-refractivity contribution in [3.05, 3.63) is 71.3 Å². The van der Waals surface area contributed by atoms with Crippen LogP contribution >= 0.6 is 0 Å². The fourth-order valence-electron chi connectivity index (χ4n) is 3.85. The van der Waals surface area contributed by atoms with E-state index in [-0.39, 0.29) is 11.4 Å². The molecule has 1 saturated heterocycles. The van der Waals surface area contributed by atoms with Crippen molar-refractivity contribution in [2.45, 2.75) is 19.4 Å². The molecule has 152 valence electrons. The van der Waals surface area contributed by atoms with Crippen molar-refractivity contribution in [1.29, 1.82) is 0 Å². The molecule has 7 nitrogen and oxygen atoms in total. The summed E-state index contributed by atoms with van der Waals surface area (Å²) in [4.78, 5) is 27.4. The molecule has 1 aromatic carbocycles. The molecular weight excluding hydrogens is 385 g/mol. The van der Waals surface area contributed by atoms with Gasteiger partial charge in [-0.15, -0.1) is 0 Å². The van der Waals surface area contributed by atoms with Crippen LogP contribution in [0.25, 0.3) is 22.4 Å². The third-order valence-corrected chi connectivity index (χ3v) is 5.53. The van der Waals surface area contributed by atoms with Gasteiger partial charge in [-0.1, -0.05) is 0 Å². The van der Waals surface area contributed by atoms with E-state index in [9.17, 15) is 9.18 Å². The van der Waals surface area contributed by atoms with Crippen molar-refractivity contribution in [1.82, 2.24) is 19.5 Å². The van der Waals surface area contributed by atoms with Gasteiger partial charge in [0, 0.05) is 49.7 Å². The van der Waals surface area contributed by atoms with E-state index < -0.39 is 0 Å². The van der Waals surface area contributed by atoms with Crippen LogP contribution in [0, 0.1) is 11.7 Å². The lowest BCUT2D eigenvalue weighted by atomic mass is 9.97. The summed E-state index contributed by atoms with van der Waals surface area (Å²) in [6, 6.07) is 10.1. The van der Waals surface area contributed by atoms with E-state index in [0.717, 1.165) is 31.5 Å². The monoisotopic (exact) mass is 405 g/mol. The van der Waals surface area contributed by atoms with Crippen LogP contribution in [0.3, 0.4) is 0 Å². The summed E-state index contributed by atoms with van der Waals surface area (Å²) in [5.41, 5.74) is 2.58. The van der Waals surface area contributed by atoms with Gasteiger partial charge in [0.15, 0.2) is 5.58 Å². The van der Waals surface area contributed by atoms with Gasteiger partial charge < -0.3 is 9.32 Å². The molecule has 0 bridgehead atoms. The van der Waals surface area contributed by atoms with E-state index in [1.165, 1.54) is 12.1 Å². The summed E-state index contributed by atoms with van der Waals surface area (Å²) >= 11 is 0. The van der Waals surface area contributed by atoms with Gasteiger partial charge in [-0.25, -0.2) is 9.37 Å². The highest BCUT2D eigenvalue weighted by Gasteiger charge is 2.23. The third kappa shape index (κ3) is 3.68. The molecule has 8 heteroatoms. The Labute approximate surface area is 171 Å². The molecular formula is C22H20FN5O2. The molecule has 0 radical (unpaired) electrons. The predicted octanol–water partition coefficient (Wildman–Crippen LogP) is 3.50. The summed E-state index contributed by atoms with van der Waals surface area (Å²) in [5.74, 6) is 0.0457. The van der Waals surface area contributed by atoms with Crippen LogP contribution in [0.15, 0.2) is 64.3 Å². The number of pyridine rings is 1. The molecule has 0 spiro atoms. The van der Waals surface area contributed by atoms with Gasteiger partial charge in [-0.05, 0) is 43.0 Å². The van der Waals surface area contributed by atoms with Gasteiger partial charge in [0.25, 0.3) is 11.6 Å². The molecule has 30 heavy (non-hydrogen) atoms.